The van der Waals surface area contributed by atoms with Crippen molar-refractivity contribution in [1.82, 2.24) is 5.32 Å². The standard InChI is InChI=1S/C34H34N4O7.Na.Zn/c1-6-18-15(3)23-11-24-16(4)20(8-9-29(40)41)32(37-24)21(10-30(42)43)33-31(34(44)45)17(5)25(38-33)12-27-19(7-2)22(14-39)28(36-27)13-26(18)35-23;;/h6,11-14,16,20,37,39H,1,7-10H2,2-5H3,(H,40,41)(H,42,43)(H,44,45);;/q;+1;+2/p-3/b22-14+,24-11?,25-12?,26-13?,32-21?;;/t16-,20-;;/m0../s1. The van der Waals surface area contributed by atoms with E-state index < -0.39 is 30.2 Å². The topological polar surface area (TPSA) is 190 Å². The molecule has 0 unspecified atom stereocenters. The number of aliphatic carboxylic acids is 3. The molecule has 5 aliphatic rings. The van der Waals surface area contributed by atoms with Crippen LogP contribution in [0.1, 0.15) is 53.4 Å². The van der Waals surface area contributed by atoms with E-state index in [4.69, 9.17) is 9.98 Å². The normalized spacial score (nSPS) is 22.5. The van der Waals surface area contributed by atoms with E-state index in [9.17, 15) is 34.8 Å². The molecule has 2 atom stereocenters. The number of nitrogens with zero attached hydrogens (tertiary/aromatic N) is 3. The van der Waals surface area contributed by atoms with Crippen molar-refractivity contribution in [2.75, 3.05) is 0 Å². The van der Waals surface area contributed by atoms with Gasteiger partial charge in [0.2, 0.25) is 0 Å². The summed E-state index contributed by atoms with van der Waals surface area (Å²) in [6.45, 7) is 11.1. The van der Waals surface area contributed by atoms with Crippen LogP contribution < -0.4 is 50.2 Å². The second-order valence-corrected chi connectivity index (χ2v) is 11.3. The van der Waals surface area contributed by atoms with E-state index in [2.05, 4.69) is 16.9 Å². The Morgan fingerprint density at radius 3 is 2.28 bits per heavy atom. The molecule has 1 fully saturated rings. The fraction of sp³-hybridized carbons (Fsp3) is 0.294. The zero-order valence-electron chi connectivity index (χ0n) is 27.0. The molecule has 13 heteroatoms. The Labute approximate surface area is 307 Å². The molecule has 0 aliphatic carbocycles. The van der Waals surface area contributed by atoms with Gasteiger partial charge < -0.3 is 35.3 Å². The maximum Gasteiger partial charge on any atom is 2.00 e. The smallest absolute Gasteiger partial charge is 0.877 e. The van der Waals surface area contributed by atoms with Crippen molar-refractivity contribution >= 4 is 35.0 Å². The summed E-state index contributed by atoms with van der Waals surface area (Å²) in [4.78, 5) is 50.5. The third kappa shape index (κ3) is 6.97. The predicted molar refractivity (Wildman–Crippen MR) is 162 cm³/mol. The number of carboxylic acid groups (broad SMARTS) is 3. The van der Waals surface area contributed by atoms with Crippen LogP contribution in [-0.4, -0.2) is 40.1 Å². The van der Waals surface area contributed by atoms with Gasteiger partial charge in [0, 0.05) is 52.7 Å². The van der Waals surface area contributed by atoms with Gasteiger partial charge in [-0.05, 0) is 73.6 Å². The van der Waals surface area contributed by atoms with Crippen molar-refractivity contribution < 1.29 is 83.8 Å². The monoisotopic (exact) mass is 694 g/mol. The van der Waals surface area contributed by atoms with Gasteiger partial charge in [-0.15, -0.1) is 6.26 Å². The van der Waals surface area contributed by atoms with Crippen molar-refractivity contribution in [2.45, 2.75) is 53.4 Å². The number of allylic oxidation sites excluding steroid dienone is 10. The van der Waals surface area contributed by atoms with E-state index in [1.807, 2.05) is 20.8 Å². The Morgan fingerprint density at radius 2 is 1.70 bits per heavy atom. The van der Waals surface area contributed by atoms with Crippen molar-refractivity contribution in [3.63, 3.8) is 0 Å². The minimum Gasteiger partial charge on any atom is -0.877 e. The maximum absolute atomic E-state index is 12.6. The number of carboxylic acids is 3. The zero-order valence-corrected chi connectivity index (χ0v) is 32.0. The van der Waals surface area contributed by atoms with Gasteiger partial charge in [0.05, 0.1) is 39.8 Å². The number of rotatable bonds is 8. The second-order valence-electron chi connectivity index (χ2n) is 11.3. The average Bonchev–Trinajstić information content (AvgIpc) is 3.67. The van der Waals surface area contributed by atoms with E-state index in [0.717, 1.165) is 17.4 Å². The van der Waals surface area contributed by atoms with Gasteiger partial charge in [0.25, 0.3) is 0 Å². The Kier molecular flexibility index (Phi) is 12.1. The second kappa shape index (κ2) is 15.0. The van der Waals surface area contributed by atoms with E-state index in [1.165, 1.54) is 0 Å². The minimum atomic E-state index is -1.46. The summed E-state index contributed by atoms with van der Waals surface area (Å²) in [6.07, 6.45) is 7.07. The van der Waals surface area contributed by atoms with Crippen LogP contribution in [0, 0.1) is 11.8 Å². The van der Waals surface area contributed by atoms with Gasteiger partial charge in [-0.2, -0.15) is 0 Å². The summed E-state index contributed by atoms with van der Waals surface area (Å²) >= 11 is 0. The van der Waals surface area contributed by atoms with E-state index in [1.54, 1.807) is 31.2 Å². The molecule has 2 N–H and O–H groups in total. The van der Waals surface area contributed by atoms with Crippen LogP contribution in [0.5, 0.6) is 0 Å². The minimum absolute atomic E-state index is 0. The Hall–Kier alpha value is -3.70. The van der Waals surface area contributed by atoms with Crippen LogP contribution >= 0.6 is 0 Å². The number of nitrogens with one attached hydrogen (secondary N) is 1. The molecule has 5 aliphatic heterocycles. The molecule has 1 saturated heterocycles. The van der Waals surface area contributed by atoms with Crippen molar-refractivity contribution in [3.8, 4) is 0 Å². The van der Waals surface area contributed by atoms with Gasteiger partial charge >= 0.3 is 55.0 Å². The number of carbonyl (C=O) groups is 3. The zero-order chi connectivity index (χ0) is 32.7. The van der Waals surface area contributed by atoms with E-state index in [-0.39, 0.29) is 95.9 Å². The number of carbonyl (C=O) groups excluding carboxylic acids is 2. The number of hydrogen-bond donors (Lipinski definition) is 2. The molecule has 11 nitrogen and oxygen atoms in total. The number of aliphatic imine (C=N–C) groups is 3. The van der Waals surface area contributed by atoms with Gasteiger partial charge in [-0.1, -0.05) is 26.5 Å². The van der Waals surface area contributed by atoms with Crippen molar-refractivity contribution in [3.05, 3.63) is 105 Å². The third-order valence-electron chi connectivity index (χ3n) is 8.75. The molecule has 0 radical (unpaired) electrons. The quantitative estimate of drug-likeness (QED) is 0.229. The molecule has 47 heavy (non-hydrogen) atoms. The molecule has 5 rings (SSSR count). The van der Waals surface area contributed by atoms with Crippen LogP contribution in [-0.2, 0) is 33.9 Å². The van der Waals surface area contributed by atoms with Gasteiger partial charge in [-0.25, -0.2) is 19.8 Å². The Balaban J connectivity index is 0.00000300. The molecule has 5 heterocycles. The van der Waals surface area contributed by atoms with Crippen molar-refractivity contribution in [2.24, 2.45) is 26.8 Å². The third-order valence-corrected chi connectivity index (χ3v) is 8.75. The largest absolute Gasteiger partial charge is 2.00 e. The first-order valence-electron chi connectivity index (χ1n) is 14.6. The fourth-order valence-electron chi connectivity index (χ4n) is 6.40. The first-order chi connectivity index (χ1) is 21.4. The Morgan fingerprint density at radius 1 is 1.00 bits per heavy atom. The van der Waals surface area contributed by atoms with E-state index >= 15 is 0 Å². The molecular weight excluding hydrogens is 665 g/mol. The molecule has 0 amide bonds. The summed E-state index contributed by atoms with van der Waals surface area (Å²) < 4.78 is 0. The van der Waals surface area contributed by atoms with Crippen LogP contribution in [0.15, 0.2) is 120 Å². The molecular formula is C34H31N4NaO7Zn. The van der Waals surface area contributed by atoms with Crippen LogP contribution in [0.25, 0.3) is 0 Å². The molecule has 0 saturated carbocycles. The summed E-state index contributed by atoms with van der Waals surface area (Å²) in [6, 6.07) is 0. The predicted octanol–water partition coefficient (Wildman–Crippen LogP) is -1.39. The molecule has 232 valence electrons. The first kappa shape index (κ1) is 37.8. The van der Waals surface area contributed by atoms with Crippen molar-refractivity contribution in [1.29, 1.82) is 0 Å². The van der Waals surface area contributed by atoms with Gasteiger partial charge in [0.15, 0.2) is 0 Å². The van der Waals surface area contributed by atoms with E-state index in [0.29, 0.717) is 51.8 Å². The number of fused-ring (bicyclic) bond motifs is 5. The molecule has 8 bridgehead atoms. The molecule has 0 aromatic heterocycles. The molecule has 0 aromatic carbocycles. The summed E-state index contributed by atoms with van der Waals surface area (Å²) in [5, 5.41) is 49.6. The maximum atomic E-state index is 12.6. The summed E-state index contributed by atoms with van der Waals surface area (Å²) in [7, 11) is 0. The Bertz CT molecular complexity index is 1830. The van der Waals surface area contributed by atoms with Crippen LogP contribution in [0.4, 0.5) is 0 Å². The average molecular weight is 696 g/mol. The molecule has 0 aromatic rings. The number of hydrogen-bond acceptors (Lipinski definition) is 10. The molecule has 0 spiro atoms. The first-order valence-corrected chi connectivity index (χ1v) is 14.6. The van der Waals surface area contributed by atoms with Crippen LogP contribution in [0.3, 0.4) is 0 Å². The summed E-state index contributed by atoms with van der Waals surface area (Å²) in [5.74, 6) is -4.92. The van der Waals surface area contributed by atoms with Gasteiger partial charge in [-0.3, -0.25) is 0 Å². The van der Waals surface area contributed by atoms with Gasteiger partial charge in [0.1, 0.15) is 0 Å². The summed E-state index contributed by atoms with van der Waals surface area (Å²) in [5.41, 5.74) is 5.79. The SMILES string of the molecule is C=CC1=C(C)C2=NC1=CC1=NC(=C(CC)/C1=C\[O-])C=C1N=C(C(CC(=O)[O-])=C3NC(=C2)[C@@H](C)[C@@H]3CCC(=O)[O-])C(C(=O)O)=C1C.[Na+].[Zn+2]. The fourth-order valence-corrected chi connectivity index (χ4v) is 6.40. The van der Waals surface area contributed by atoms with Crippen LogP contribution in [0.2, 0.25) is 0 Å².